The Kier molecular flexibility index (Phi) is 6.37. The lowest BCUT2D eigenvalue weighted by Crippen LogP contribution is -2.11. The molecule has 1 aromatic carbocycles. The number of anilines is 1. The van der Waals surface area contributed by atoms with E-state index in [2.05, 4.69) is 35.0 Å². The molecule has 1 rings (SSSR count). The van der Waals surface area contributed by atoms with Crippen LogP contribution < -0.4 is 5.32 Å². The number of thioether (sulfide) groups is 1. The van der Waals surface area contributed by atoms with Gasteiger partial charge in [-0.2, -0.15) is 3.21 Å². The maximum Gasteiger partial charge on any atom is 0.155 e. The van der Waals surface area contributed by atoms with Crippen molar-refractivity contribution in [1.82, 2.24) is 0 Å². The Morgan fingerprint density at radius 3 is 2.65 bits per heavy atom. The molecule has 0 aliphatic heterocycles. The quantitative estimate of drug-likeness (QED) is 0.340. The van der Waals surface area contributed by atoms with Gasteiger partial charge in [-0.15, -0.1) is 11.8 Å². The van der Waals surface area contributed by atoms with E-state index in [-0.39, 0.29) is 0 Å². The molecule has 0 heterocycles. The molecule has 1 N–H and O–H groups in total. The molecule has 0 aromatic heterocycles. The molecule has 0 bridgehead atoms. The van der Waals surface area contributed by atoms with Crippen LogP contribution in [-0.4, -0.2) is 11.1 Å². The zero-order valence-electron chi connectivity index (χ0n) is 9.71. The van der Waals surface area contributed by atoms with Gasteiger partial charge in [-0.3, -0.25) is 0 Å². The van der Waals surface area contributed by atoms with Gasteiger partial charge in [0.15, 0.2) is 5.84 Å². The van der Waals surface area contributed by atoms with Crippen molar-refractivity contribution < 1.29 is 0 Å². The Balaban J connectivity index is 2.94. The standard InChI is InChI=1S/C12H14ClIN2S/c1-8(2)17-11-7-5-4-6-10(11)15-12(16-14)9(3)13/h4-8H,3H2,1-2H3,(H,15,16). The number of hydrogen-bond acceptors (Lipinski definition) is 2. The number of nitrogens with one attached hydrogen (secondary N) is 1. The topological polar surface area (TPSA) is 24.4 Å². The van der Waals surface area contributed by atoms with Crippen molar-refractivity contribution in [1.29, 1.82) is 0 Å². The summed E-state index contributed by atoms with van der Waals surface area (Å²) in [6.07, 6.45) is 0. The number of para-hydroxylation sites is 1. The smallest absolute Gasteiger partial charge is 0.155 e. The maximum absolute atomic E-state index is 5.85. The van der Waals surface area contributed by atoms with Crippen LogP contribution in [0.1, 0.15) is 13.8 Å². The minimum atomic E-state index is 0.406. The summed E-state index contributed by atoms with van der Waals surface area (Å²) in [5, 5.41) is 4.12. The lowest BCUT2D eigenvalue weighted by Gasteiger charge is -2.13. The van der Waals surface area contributed by atoms with Crippen LogP contribution in [0, 0.1) is 0 Å². The molecule has 0 fully saturated rings. The summed E-state index contributed by atoms with van der Waals surface area (Å²) < 4.78 is 4.04. The number of rotatable bonds is 4. The average molecular weight is 381 g/mol. The van der Waals surface area contributed by atoms with E-state index in [1.165, 1.54) is 4.90 Å². The van der Waals surface area contributed by atoms with Gasteiger partial charge in [0, 0.05) is 10.1 Å². The van der Waals surface area contributed by atoms with E-state index >= 15 is 0 Å². The van der Waals surface area contributed by atoms with Gasteiger partial charge in [0.25, 0.3) is 0 Å². The molecule has 0 unspecified atom stereocenters. The van der Waals surface area contributed by atoms with Gasteiger partial charge in [0.05, 0.1) is 33.6 Å². The molecule has 0 radical (unpaired) electrons. The van der Waals surface area contributed by atoms with E-state index in [9.17, 15) is 0 Å². The first-order chi connectivity index (χ1) is 8.04. The highest BCUT2D eigenvalue weighted by atomic mass is 127. The summed E-state index contributed by atoms with van der Waals surface area (Å²) in [6.45, 7) is 8.00. The van der Waals surface area contributed by atoms with Gasteiger partial charge in [0.2, 0.25) is 0 Å². The molecule has 92 valence electrons. The zero-order chi connectivity index (χ0) is 12.8. The molecule has 17 heavy (non-hydrogen) atoms. The van der Waals surface area contributed by atoms with Crippen LogP contribution in [0.25, 0.3) is 0 Å². The van der Waals surface area contributed by atoms with Crippen molar-refractivity contribution in [2.75, 3.05) is 5.32 Å². The minimum Gasteiger partial charge on any atom is -0.338 e. The van der Waals surface area contributed by atoms with E-state index in [4.69, 9.17) is 11.6 Å². The summed E-state index contributed by atoms with van der Waals surface area (Å²) >= 11 is 9.55. The molecule has 2 nitrogen and oxygen atoms in total. The number of benzene rings is 1. The Hall–Kier alpha value is -0.200. The molecule has 0 amide bonds. The van der Waals surface area contributed by atoms with Gasteiger partial charge in [-0.05, 0) is 12.1 Å². The molecular weight excluding hydrogens is 367 g/mol. The monoisotopic (exact) mass is 380 g/mol. The third-order valence-electron chi connectivity index (χ3n) is 1.84. The second-order valence-corrected chi connectivity index (χ2v) is 6.18. The minimum absolute atomic E-state index is 0.406. The normalized spacial score (nSPS) is 11.7. The molecule has 0 aliphatic carbocycles. The summed E-state index contributed by atoms with van der Waals surface area (Å²) in [5.74, 6) is 0.587. The largest absolute Gasteiger partial charge is 0.338 e. The van der Waals surface area contributed by atoms with E-state index in [1.54, 1.807) is 11.8 Å². The molecule has 1 aromatic rings. The van der Waals surface area contributed by atoms with E-state index < -0.39 is 0 Å². The van der Waals surface area contributed by atoms with Gasteiger partial charge in [-0.1, -0.05) is 44.2 Å². The molecule has 0 aliphatic rings. The van der Waals surface area contributed by atoms with Crippen LogP contribution >= 0.6 is 46.2 Å². The van der Waals surface area contributed by atoms with Crippen LogP contribution in [-0.2, 0) is 0 Å². The Labute approximate surface area is 125 Å². The maximum atomic E-state index is 5.85. The highest BCUT2D eigenvalue weighted by Crippen LogP contribution is 2.30. The number of amidine groups is 1. The fourth-order valence-electron chi connectivity index (χ4n) is 1.19. The predicted octanol–water partition coefficient (Wildman–Crippen LogP) is 5.10. The lowest BCUT2D eigenvalue weighted by molar-refractivity contribution is 1.11. The van der Waals surface area contributed by atoms with Crippen LogP contribution in [0.3, 0.4) is 0 Å². The molecule has 0 spiro atoms. The molecule has 0 saturated carbocycles. The molecule has 0 saturated heterocycles. The molecule has 5 heteroatoms. The van der Waals surface area contributed by atoms with Gasteiger partial charge in [0.1, 0.15) is 0 Å². The predicted molar refractivity (Wildman–Crippen MR) is 87.5 cm³/mol. The van der Waals surface area contributed by atoms with Crippen molar-refractivity contribution in [2.45, 2.75) is 24.0 Å². The van der Waals surface area contributed by atoms with Crippen LogP contribution in [0.5, 0.6) is 0 Å². The van der Waals surface area contributed by atoms with Crippen LogP contribution in [0.4, 0.5) is 5.69 Å². The molecular formula is C12H14ClIN2S. The Bertz CT molecular complexity index is 432. The first-order valence-electron chi connectivity index (χ1n) is 5.11. The first kappa shape index (κ1) is 14.9. The van der Waals surface area contributed by atoms with Crippen molar-refractivity contribution >= 4 is 57.8 Å². The van der Waals surface area contributed by atoms with E-state index in [0.29, 0.717) is 16.1 Å². The van der Waals surface area contributed by atoms with Crippen molar-refractivity contribution in [3.8, 4) is 0 Å². The fourth-order valence-corrected chi connectivity index (χ4v) is 2.74. The zero-order valence-corrected chi connectivity index (χ0v) is 13.4. The van der Waals surface area contributed by atoms with Gasteiger partial charge in [-0.25, -0.2) is 0 Å². The summed E-state index contributed by atoms with van der Waals surface area (Å²) in [5.41, 5.74) is 1.00. The van der Waals surface area contributed by atoms with E-state index in [0.717, 1.165) is 5.69 Å². The number of halogens is 2. The average Bonchev–Trinajstić information content (AvgIpc) is 2.26. The third kappa shape index (κ3) is 4.89. The lowest BCUT2D eigenvalue weighted by atomic mass is 10.3. The van der Waals surface area contributed by atoms with Crippen molar-refractivity contribution in [3.05, 3.63) is 35.9 Å². The summed E-state index contributed by atoms with van der Waals surface area (Å²) in [7, 11) is 0. The third-order valence-corrected chi connectivity index (χ3v) is 3.59. The SMILES string of the molecule is C=C(Cl)/C(=N\I)Nc1ccccc1SC(C)C. The highest BCUT2D eigenvalue weighted by molar-refractivity contribution is 14.1. The number of nitrogens with zero attached hydrogens (tertiary/aromatic N) is 1. The van der Waals surface area contributed by atoms with Gasteiger partial charge >= 0.3 is 0 Å². The summed E-state index contributed by atoms with van der Waals surface area (Å²) in [6, 6.07) is 8.09. The summed E-state index contributed by atoms with van der Waals surface area (Å²) in [4.78, 5) is 1.18. The number of hydrogen-bond donors (Lipinski definition) is 1. The van der Waals surface area contributed by atoms with Crippen molar-refractivity contribution in [2.24, 2.45) is 3.21 Å². The molecule has 0 atom stereocenters. The second kappa shape index (κ2) is 7.28. The van der Waals surface area contributed by atoms with Crippen LogP contribution in [0.2, 0.25) is 0 Å². The van der Waals surface area contributed by atoms with Crippen molar-refractivity contribution in [3.63, 3.8) is 0 Å². The fraction of sp³-hybridized carbons (Fsp3) is 0.250. The second-order valence-electron chi connectivity index (χ2n) is 3.63. The highest BCUT2D eigenvalue weighted by Gasteiger charge is 2.08. The Morgan fingerprint density at radius 2 is 2.12 bits per heavy atom. The van der Waals surface area contributed by atoms with Crippen LogP contribution in [0.15, 0.2) is 44.0 Å². The first-order valence-corrected chi connectivity index (χ1v) is 7.33. The Morgan fingerprint density at radius 1 is 1.47 bits per heavy atom. The van der Waals surface area contributed by atoms with E-state index in [1.807, 2.05) is 41.1 Å². The van der Waals surface area contributed by atoms with Gasteiger partial charge < -0.3 is 5.32 Å².